The molecule has 0 aliphatic heterocycles. The molecule has 2 saturated carbocycles. The van der Waals surface area contributed by atoms with Crippen LogP contribution in [0.3, 0.4) is 0 Å². The lowest BCUT2D eigenvalue weighted by atomic mass is 10.1. The molecule has 0 saturated heterocycles. The summed E-state index contributed by atoms with van der Waals surface area (Å²) in [6.45, 7) is 0. The van der Waals surface area contributed by atoms with Crippen molar-refractivity contribution in [2.45, 2.75) is 44.1 Å². The zero-order valence-electron chi connectivity index (χ0n) is 19.9. The largest absolute Gasteiger partial charge is 0.490 e. The van der Waals surface area contributed by atoms with Crippen LogP contribution in [-0.4, -0.2) is 60.8 Å². The molecule has 2 fully saturated rings. The summed E-state index contributed by atoms with van der Waals surface area (Å²) >= 11 is 0. The molecule has 15 heteroatoms. The highest BCUT2D eigenvalue weighted by Gasteiger charge is 2.43. The Hall–Kier alpha value is -4.17. The van der Waals surface area contributed by atoms with Gasteiger partial charge in [-0.3, -0.25) is 14.2 Å². The van der Waals surface area contributed by atoms with E-state index < -0.39 is 24.3 Å². The molecule has 0 spiro atoms. The van der Waals surface area contributed by atoms with Gasteiger partial charge in [0.1, 0.15) is 0 Å². The normalized spacial score (nSPS) is 15.1. The average molecular weight is 560 g/mol. The van der Waals surface area contributed by atoms with Gasteiger partial charge in [-0.1, -0.05) is 6.07 Å². The minimum Gasteiger partial charge on any atom is -0.475 e. The van der Waals surface area contributed by atoms with Gasteiger partial charge in [0.2, 0.25) is 5.82 Å². The number of carboxylic acids is 2. The Kier molecular flexibility index (Phi) is 8.81. The van der Waals surface area contributed by atoms with Gasteiger partial charge in [0.15, 0.2) is 0 Å². The second kappa shape index (κ2) is 11.7. The van der Waals surface area contributed by atoms with Crippen molar-refractivity contribution >= 4 is 23.4 Å². The van der Waals surface area contributed by atoms with Gasteiger partial charge in [0, 0.05) is 30.2 Å². The number of aromatic nitrogens is 3. The van der Waals surface area contributed by atoms with Crippen LogP contribution in [-0.2, 0) is 9.59 Å². The molecule has 0 unspecified atom stereocenters. The smallest absolute Gasteiger partial charge is 0.475 e. The molecule has 1 amide bonds. The van der Waals surface area contributed by atoms with Crippen LogP contribution in [0.5, 0.6) is 0 Å². The molecule has 2 aliphatic rings. The third kappa shape index (κ3) is 8.15. The van der Waals surface area contributed by atoms with E-state index in [1.54, 1.807) is 12.4 Å². The maximum absolute atomic E-state index is 13.0. The zero-order valence-corrected chi connectivity index (χ0v) is 19.9. The summed E-state index contributed by atoms with van der Waals surface area (Å²) in [5, 5.41) is 17.5. The maximum Gasteiger partial charge on any atom is 0.490 e. The highest BCUT2D eigenvalue weighted by Crippen LogP contribution is 2.44. The van der Waals surface area contributed by atoms with Crippen LogP contribution in [0.1, 0.15) is 36.3 Å². The minimum absolute atomic E-state index is 0.0645. The van der Waals surface area contributed by atoms with Crippen molar-refractivity contribution in [1.82, 2.24) is 19.7 Å². The van der Waals surface area contributed by atoms with E-state index in [4.69, 9.17) is 24.8 Å². The van der Waals surface area contributed by atoms with Crippen molar-refractivity contribution in [2.24, 2.45) is 11.8 Å². The third-order valence-electron chi connectivity index (χ3n) is 5.75. The number of amides is 1. The van der Waals surface area contributed by atoms with Crippen molar-refractivity contribution in [1.29, 1.82) is 0 Å². The van der Waals surface area contributed by atoms with Crippen LogP contribution in [0.15, 0.2) is 48.9 Å². The number of pyridine rings is 2. The number of imidazole rings is 1. The van der Waals surface area contributed by atoms with E-state index in [1.165, 1.54) is 25.7 Å². The van der Waals surface area contributed by atoms with E-state index in [1.807, 2.05) is 40.9 Å². The molecule has 3 aromatic heterocycles. The molecule has 210 valence electrons. The Morgan fingerprint density at radius 3 is 1.79 bits per heavy atom. The van der Waals surface area contributed by atoms with Gasteiger partial charge in [0.25, 0.3) is 5.91 Å². The lowest BCUT2D eigenvalue weighted by Gasteiger charge is -2.17. The van der Waals surface area contributed by atoms with Gasteiger partial charge >= 0.3 is 24.3 Å². The predicted octanol–water partition coefficient (Wildman–Crippen LogP) is 4.58. The van der Waals surface area contributed by atoms with E-state index in [0.717, 1.165) is 16.8 Å². The molecule has 5 rings (SSSR count). The van der Waals surface area contributed by atoms with E-state index in [-0.39, 0.29) is 5.91 Å². The number of halogens is 6. The van der Waals surface area contributed by atoms with Gasteiger partial charge in [0.05, 0.1) is 11.2 Å². The number of carboxylic acid groups (broad SMARTS) is 2. The summed E-state index contributed by atoms with van der Waals surface area (Å²) in [6.07, 6.45) is 0.209. The summed E-state index contributed by atoms with van der Waals surface area (Å²) in [4.78, 5) is 39.5. The molecule has 3 aromatic rings. The van der Waals surface area contributed by atoms with Crippen molar-refractivity contribution < 1.29 is 50.9 Å². The van der Waals surface area contributed by atoms with Crippen LogP contribution in [0.4, 0.5) is 26.3 Å². The molecule has 39 heavy (non-hydrogen) atoms. The second-order valence-corrected chi connectivity index (χ2v) is 8.76. The van der Waals surface area contributed by atoms with E-state index >= 15 is 0 Å². The molecule has 9 nitrogen and oxygen atoms in total. The molecule has 2 aliphatic carbocycles. The first-order valence-corrected chi connectivity index (χ1v) is 11.5. The molecule has 0 bridgehead atoms. The highest BCUT2D eigenvalue weighted by atomic mass is 19.4. The Bertz CT molecular complexity index is 1280. The fraction of sp³-hybridized carbons (Fsp3) is 0.375. The number of carbonyl (C=O) groups excluding carboxylic acids is 1. The average Bonchev–Trinajstić information content (AvgIpc) is 3.80. The standard InChI is InChI=1S/C20H20N4O.2C2HF3O2/c25-20(23-17(13-4-5-13)14-6-7-14)19-22-18(15-8-10-21-11-9-15)16-3-1-2-12-24(16)19;2*3-2(4,5)1(6)7/h1-3,8-14,17H,4-7H2,(H,23,25);2*(H,6,7). The summed E-state index contributed by atoms with van der Waals surface area (Å²) < 4.78 is 65.4. The molecule has 0 aromatic carbocycles. The first kappa shape index (κ1) is 29.4. The van der Waals surface area contributed by atoms with E-state index in [2.05, 4.69) is 10.3 Å². The fourth-order valence-corrected chi connectivity index (χ4v) is 3.67. The number of alkyl halides is 6. The van der Waals surface area contributed by atoms with Gasteiger partial charge < -0.3 is 15.5 Å². The van der Waals surface area contributed by atoms with Gasteiger partial charge in [-0.25, -0.2) is 14.6 Å². The number of nitrogens with zero attached hydrogens (tertiary/aromatic N) is 3. The Morgan fingerprint density at radius 1 is 0.872 bits per heavy atom. The molecule has 3 N–H and O–H groups in total. The van der Waals surface area contributed by atoms with Crippen LogP contribution in [0.2, 0.25) is 0 Å². The molecule has 0 atom stereocenters. The van der Waals surface area contributed by atoms with E-state index in [9.17, 15) is 31.1 Å². The molecular formula is C24H22F6N4O5. The van der Waals surface area contributed by atoms with Crippen LogP contribution in [0, 0.1) is 11.8 Å². The number of rotatable bonds is 5. The number of carbonyl (C=O) groups is 3. The highest BCUT2D eigenvalue weighted by molar-refractivity contribution is 5.94. The van der Waals surface area contributed by atoms with Crippen molar-refractivity contribution in [3.05, 3.63) is 54.7 Å². The monoisotopic (exact) mass is 560 g/mol. The number of fused-ring (bicyclic) bond motifs is 1. The van der Waals surface area contributed by atoms with E-state index in [0.29, 0.717) is 23.7 Å². The number of hydrogen-bond donors (Lipinski definition) is 3. The van der Waals surface area contributed by atoms with Gasteiger partial charge in [-0.2, -0.15) is 26.3 Å². The van der Waals surface area contributed by atoms with Crippen LogP contribution < -0.4 is 5.32 Å². The van der Waals surface area contributed by atoms with Gasteiger partial charge in [-0.05, 0) is 61.8 Å². The predicted molar refractivity (Wildman–Crippen MR) is 123 cm³/mol. The van der Waals surface area contributed by atoms with Gasteiger partial charge in [-0.15, -0.1) is 0 Å². The van der Waals surface area contributed by atoms with Crippen molar-refractivity contribution in [2.75, 3.05) is 0 Å². The first-order chi connectivity index (χ1) is 18.2. The quantitative estimate of drug-likeness (QED) is 0.389. The number of hydrogen-bond acceptors (Lipinski definition) is 5. The molecule has 3 heterocycles. The minimum atomic E-state index is -5.08. The second-order valence-electron chi connectivity index (χ2n) is 8.76. The maximum atomic E-state index is 13.0. The fourth-order valence-electron chi connectivity index (χ4n) is 3.67. The zero-order chi connectivity index (χ0) is 29.0. The Labute approximate surface area is 216 Å². The van der Waals surface area contributed by atoms with Crippen molar-refractivity contribution in [3.63, 3.8) is 0 Å². The van der Waals surface area contributed by atoms with Crippen LogP contribution in [0.25, 0.3) is 16.8 Å². The van der Waals surface area contributed by atoms with Crippen LogP contribution >= 0.6 is 0 Å². The van der Waals surface area contributed by atoms with Crippen molar-refractivity contribution in [3.8, 4) is 11.3 Å². The summed E-state index contributed by atoms with van der Waals surface area (Å²) in [7, 11) is 0. The number of nitrogens with one attached hydrogen (secondary N) is 1. The summed E-state index contributed by atoms with van der Waals surface area (Å²) in [6, 6.07) is 10.1. The Morgan fingerprint density at radius 2 is 1.36 bits per heavy atom. The SMILES string of the molecule is O=C(NC(C1CC1)C1CC1)c1nc(-c2ccncc2)c2ccccn12.O=C(O)C(F)(F)F.O=C(O)C(F)(F)F. The molecular weight excluding hydrogens is 538 g/mol. The topological polar surface area (TPSA) is 134 Å². The lowest BCUT2D eigenvalue weighted by Crippen LogP contribution is -2.38. The summed E-state index contributed by atoms with van der Waals surface area (Å²) in [5.41, 5.74) is 2.73. The molecule has 0 radical (unpaired) electrons. The lowest BCUT2D eigenvalue weighted by molar-refractivity contribution is -0.193. The summed E-state index contributed by atoms with van der Waals surface area (Å²) in [5.74, 6) is -3.77. The Balaban J connectivity index is 0.000000251. The third-order valence-corrected chi connectivity index (χ3v) is 5.75. The first-order valence-electron chi connectivity index (χ1n) is 11.5. The number of aliphatic carboxylic acids is 2.